The van der Waals surface area contributed by atoms with Crippen molar-refractivity contribution in [3.63, 3.8) is 0 Å². The van der Waals surface area contributed by atoms with E-state index in [0.29, 0.717) is 32.0 Å². The van der Waals surface area contributed by atoms with Crippen molar-refractivity contribution in [3.05, 3.63) is 71.4 Å². The molecule has 0 spiro atoms. The number of rotatable bonds is 6. The predicted octanol–water partition coefficient (Wildman–Crippen LogP) is 4.40. The summed E-state index contributed by atoms with van der Waals surface area (Å²) in [4.78, 5) is 26.3. The Morgan fingerprint density at radius 2 is 1.94 bits per heavy atom. The Labute approximate surface area is 196 Å². The summed E-state index contributed by atoms with van der Waals surface area (Å²) in [5.41, 5.74) is -0.311. The Morgan fingerprint density at radius 3 is 2.71 bits per heavy atom. The molecule has 0 radical (unpaired) electrons. The van der Waals surface area contributed by atoms with E-state index in [0.717, 1.165) is 18.3 Å². The Bertz CT molecular complexity index is 1230. The van der Waals surface area contributed by atoms with Crippen LogP contribution in [-0.4, -0.2) is 47.2 Å². The van der Waals surface area contributed by atoms with Crippen LogP contribution in [0.4, 0.5) is 35.0 Å². The number of nitrogens with zero attached hydrogens (tertiary/aromatic N) is 6. The highest BCUT2D eigenvalue weighted by Gasteiger charge is 2.30. The number of alkyl halides is 3. The number of anilines is 2. The Morgan fingerprint density at radius 1 is 1.14 bits per heavy atom. The fraction of sp³-hybridized carbons (Fsp3) is 0.273. The minimum absolute atomic E-state index is 0.00686. The molecule has 4 rings (SSSR count). The van der Waals surface area contributed by atoms with E-state index in [4.69, 9.17) is 4.74 Å². The molecule has 2 aromatic heterocycles. The number of carbonyl (C=O) groups is 1. The van der Waals surface area contributed by atoms with Crippen molar-refractivity contribution >= 4 is 23.4 Å². The normalized spacial score (nSPS) is 14.3. The molecule has 1 aromatic carbocycles. The largest absolute Gasteiger partial charge is 0.416 e. The Hall–Kier alpha value is -4.00. The molecule has 3 aromatic rings. The molecule has 0 aliphatic carbocycles. The fourth-order valence-electron chi connectivity index (χ4n) is 3.25. The van der Waals surface area contributed by atoms with Crippen LogP contribution in [0.25, 0.3) is 0 Å². The molecule has 0 atom stereocenters. The predicted molar refractivity (Wildman–Crippen MR) is 117 cm³/mol. The molecule has 1 saturated heterocycles. The second-order valence-electron chi connectivity index (χ2n) is 7.41. The third kappa shape index (κ3) is 6.32. The van der Waals surface area contributed by atoms with Gasteiger partial charge in [0.25, 0.3) is 11.9 Å². The first-order chi connectivity index (χ1) is 16.8. The van der Waals surface area contributed by atoms with Crippen molar-refractivity contribution in [2.45, 2.75) is 12.7 Å². The topological polar surface area (TPSA) is 105 Å². The number of aromatic nitrogens is 3. The molecule has 9 nitrogen and oxygen atoms in total. The van der Waals surface area contributed by atoms with Gasteiger partial charge in [0.15, 0.2) is 11.6 Å². The van der Waals surface area contributed by atoms with E-state index < -0.39 is 23.5 Å². The molecule has 1 N–H and O–H groups in total. The third-order valence-corrected chi connectivity index (χ3v) is 4.94. The fourth-order valence-corrected chi connectivity index (χ4v) is 3.25. The Balaban J connectivity index is 1.41. The van der Waals surface area contributed by atoms with Crippen LogP contribution in [0.1, 0.15) is 21.6 Å². The number of morpholine rings is 1. The lowest BCUT2D eigenvalue weighted by molar-refractivity contribution is -0.137. The summed E-state index contributed by atoms with van der Waals surface area (Å²) in [5.74, 6) is -1.11. The van der Waals surface area contributed by atoms with Crippen LogP contribution in [0.5, 0.6) is 0 Å². The van der Waals surface area contributed by atoms with Gasteiger partial charge in [0, 0.05) is 30.5 Å². The first kappa shape index (κ1) is 24.1. The lowest BCUT2D eigenvalue weighted by Gasteiger charge is -2.27. The Kier molecular flexibility index (Phi) is 7.25. The summed E-state index contributed by atoms with van der Waals surface area (Å²) >= 11 is 0. The van der Waals surface area contributed by atoms with Crippen molar-refractivity contribution < 1.29 is 27.1 Å². The van der Waals surface area contributed by atoms with Gasteiger partial charge in [-0.15, -0.1) is 5.11 Å². The second kappa shape index (κ2) is 10.5. The van der Waals surface area contributed by atoms with Crippen LogP contribution in [0.3, 0.4) is 0 Å². The average molecular weight is 489 g/mol. The van der Waals surface area contributed by atoms with Crippen LogP contribution >= 0.6 is 0 Å². The first-order valence-corrected chi connectivity index (χ1v) is 10.5. The summed E-state index contributed by atoms with van der Waals surface area (Å²) in [6.45, 7) is 1.87. The van der Waals surface area contributed by atoms with Crippen LogP contribution in [0.2, 0.25) is 0 Å². The van der Waals surface area contributed by atoms with Crippen molar-refractivity contribution in [1.29, 1.82) is 0 Å². The summed E-state index contributed by atoms with van der Waals surface area (Å²) in [6, 6.07) is 7.19. The molecule has 3 heterocycles. The van der Waals surface area contributed by atoms with Crippen LogP contribution in [0.15, 0.2) is 59.0 Å². The molecule has 35 heavy (non-hydrogen) atoms. The molecular weight excluding hydrogens is 470 g/mol. The van der Waals surface area contributed by atoms with E-state index in [-0.39, 0.29) is 29.6 Å². The van der Waals surface area contributed by atoms with Crippen molar-refractivity contribution in [3.8, 4) is 0 Å². The zero-order chi connectivity index (χ0) is 24.8. The monoisotopic (exact) mass is 489 g/mol. The smallest absolute Gasteiger partial charge is 0.378 e. The molecule has 0 bridgehead atoms. The molecule has 13 heteroatoms. The number of hydrogen-bond acceptors (Lipinski definition) is 8. The second-order valence-corrected chi connectivity index (χ2v) is 7.41. The van der Waals surface area contributed by atoms with Crippen LogP contribution < -0.4 is 10.2 Å². The minimum atomic E-state index is -4.52. The van der Waals surface area contributed by atoms with Gasteiger partial charge < -0.3 is 15.0 Å². The van der Waals surface area contributed by atoms with Gasteiger partial charge in [-0.2, -0.15) is 23.3 Å². The van der Waals surface area contributed by atoms with Crippen molar-refractivity contribution in [2.24, 2.45) is 10.2 Å². The maximum absolute atomic E-state index is 14.1. The van der Waals surface area contributed by atoms with Gasteiger partial charge in [-0.1, -0.05) is 6.07 Å². The van der Waals surface area contributed by atoms with Gasteiger partial charge in [0.2, 0.25) is 0 Å². The lowest BCUT2D eigenvalue weighted by Crippen LogP contribution is -2.37. The summed E-state index contributed by atoms with van der Waals surface area (Å²) in [6.07, 6.45) is -2.13. The average Bonchev–Trinajstić information content (AvgIpc) is 2.85. The van der Waals surface area contributed by atoms with Gasteiger partial charge in [0.1, 0.15) is 6.54 Å². The third-order valence-electron chi connectivity index (χ3n) is 4.94. The number of benzene rings is 1. The molecule has 1 aliphatic rings. The van der Waals surface area contributed by atoms with Gasteiger partial charge in [-0.05, 0) is 30.3 Å². The van der Waals surface area contributed by atoms with Crippen molar-refractivity contribution in [2.75, 3.05) is 36.5 Å². The van der Waals surface area contributed by atoms with E-state index in [2.05, 4.69) is 30.5 Å². The van der Waals surface area contributed by atoms with Crippen LogP contribution in [0, 0.1) is 5.82 Å². The molecule has 182 valence electrons. The number of ether oxygens (including phenoxy) is 1. The number of pyridine rings is 1. The number of carbonyl (C=O) groups excluding carboxylic acids is 1. The molecule has 1 aliphatic heterocycles. The van der Waals surface area contributed by atoms with E-state index in [1.807, 2.05) is 0 Å². The minimum Gasteiger partial charge on any atom is -0.378 e. The standard InChI is InChI=1S/C22H19F4N7O2/c23-18-13-28-21(31-19(18)33-6-8-35-9-7-33)32-29-12-17-10-14(4-5-27-17)20(34)30-16-3-1-2-15(11-16)22(24,25)26/h1-5,10-11,13H,6-9,12H2,(H,30,34). The van der Waals surface area contributed by atoms with Gasteiger partial charge >= 0.3 is 6.18 Å². The number of nitrogens with one attached hydrogen (secondary N) is 1. The number of azo groups is 1. The van der Waals surface area contributed by atoms with Crippen molar-refractivity contribution in [1.82, 2.24) is 15.0 Å². The summed E-state index contributed by atoms with van der Waals surface area (Å²) in [5, 5.41) is 10.3. The van der Waals surface area contributed by atoms with Gasteiger partial charge in [0.05, 0.1) is 30.7 Å². The molecular formula is C22H19F4N7O2. The van der Waals surface area contributed by atoms with E-state index in [1.54, 1.807) is 4.90 Å². The lowest BCUT2D eigenvalue weighted by atomic mass is 10.1. The summed E-state index contributed by atoms with van der Waals surface area (Å²) in [7, 11) is 0. The van der Waals surface area contributed by atoms with E-state index in [1.165, 1.54) is 30.5 Å². The molecule has 0 saturated carbocycles. The van der Waals surface area contributed by atoms with E-state index >= 15 is 0 Å². The van der Waals surface area contributed by atoms with Gasteiger partial charge in [-0.25, -0.2) is 9.37 Å². The molecule has 1 amide bonds. The zero-order valence-electron chi connectivity index (χ0n) is 18.2. The summed E-state index contributed by atoms with van der Waals surface area (Å²) < 4.78 is 58.0. The number of hydrogen-bond donors (Lipinski definition) is 1. The highest BCUT2D eigenvalue weighted by molar-refractivity contribution is 6.04. The van der Waals surface area contributed by atoms with E-state index in [9.17, 15) is 22.4 Å². The van der Waals surface area contributed by atoms with Crippen LogP contribution in [-0.2, 0) is 17.5 Å². The highest BCUT2D eigenvalue weighted by Crippen LogP contribution is 2.30. The highest BCUT2D eigenvalue weighted by atomic mass is 19.4. The molecule has 0 unspecified atom stereocenters. The zero-order valence-corrected chi connectivity index (χ0v) is 18.2. The molecule has 1 fully saturated rings. The quantitative estimate of drug-likeness (QED) is 0.407. The first-order valence-electron chi connectivity index (χ1n) is 10.5. The van der Waals surface area contributed by atoms with Gasteiger partial charge in [-0.3, -0.25) is 9.78 Å². The number of halogens is 4. The maximum Gasteiger partial charge on any atom is 0.416 e. The number of amides is 1. The SMILES string of the molecule is O=C(Nc1cccc(C(F)(F)F)c1)c1ccnc(CN=Nc2ncc(F)c(N3CCOCC3)n2)c1. The maximum atomic E-state index is 14.1.